The number of carbonyl (C=O) groups is 1. The van der Waals surface area contributed by atoms with Crippen LogP contribution in [0.1, 0.15) is 37.7 Å². The smallest absolute Gasteiger partial charge is 0.226 e. The molecule has 1 aromatic carbocycles. The minimum Gasteiger partial charge on any atom is -0.330 e. The minimum absolute atomic E-state index is 0.188. The lowest BCUT2D eigenvalue weighted by Crippen LogP contribution is -2.25. The number of nitrogens with zero attached hydrogens (tertiary/aromatic N) is 1. The van der Waals surface area contributed by atoms with E-state index < -0.39 is 0 Å². The number of rotatable bonds is 7. The molecule has 2 N–H and O–H groups in total. The molecule has 0 aliphatic carbocycles. The first-order valence-electron chi connectivity index (χ1n) is 6.68. The Hall–Kier alpha value is -1.35. The van der Waals surface area contributed by atoms with Gasteiger partial charge < -0.3 is 10.6 Å². The van der Waals surface area contributed by atoms with E-state index in [4.69, 9.17) is 5.73 Å². The molecule has 0 unspecified atom stereocenters. The normalized spacial score (nSPS) is 10.4. The van der Waals surface area contributed by atoms with Gasteiger partial charge in [-0.05, 0) is 44.0 Å². The third kappa shape index (κ3) is 4.88. The number of nitrogens with two attached hydrogens (primary N) is 1. The summed E-state index contributed by atoms with van der Waals surface area (Å²) in [6.07, 6.45) is 4.84. The fourth-order valence-corrected chi connectivity index (χ4v) is 1.92. The van der Waals surface area contributed by atoms with E-state index in [9.17, 15) is 4.79 Å². The molecule has 3 heteroatoms. The number of amides is 1. The van der Waals surface area contributed by atoms with Gasteiger partial charge in [0.2, 0.25) is 5.91 Å². The highest BCUT2D eigenvalue weighted by atomic mass is 16.2. The second-order valence-corrected chi connectivity index (χ2v) is 4.74. The number of aryl methyl sites for hydroxylation is 1. The zero-order chi connectivity index (χ0) is 13.4. The molecule has 1 aromatic rings. The summed E-state index contributed by atoms with van der Waals surface area (Å²) in [6.45, 7) is 2.78. The molecule has 0 aromatic heterocycles. The number of benzene rings is 1. The van der Waals surface area contributed by atoms with E-state index in [2.05, 4.69) is 0 Å². The van der Waals surface area contributed by atoms with Gasteiger partial charge in [0.25, 0.3) is 0 Å². The molecule has 100 valence electrons. The predicted molar refractivity (Wildman–Crippen MR) is 76.7 cm³/mol. The van der Waals surface area contributed by atoms with Crippen molar-refractivity contribution in [1.29, 1.82) is 0 Å². The average Bonchev–Trinajstić information content (AvgIpc) is 2.37. The van der Waals surface area contributed by atoms with E-state index >= 15 is 0 Å². The van der Waals surface area contributed by atoms with Gasteiger partial charge in [0.15, 0.2) is 0 Å². The topological polar surface area (TPSA) is 46.3 Å². The van der Waals surface area contributed by atoms with Crippen LogP contribution in [0.2, 0.25) is 0 Å². The highest BCUT2D eigenvalue weighted by molar-refractivity contribution is 5.92. The van der Waals surface area contributed by atoms with Crippen molar-refractivity contribution in [2.24, 2.45) is 5.73 Å². The van der Waals surface area contributed by atoms with Crippen LogP contribution < -0.4 is 10.6 Å². The van der Waals surface area contributed by atoms with E-state index in [1.807, 2.05) is 38.2 Å². The summed E-state index contributed by atoms with van der Waals surface area (Å²) in [7, 11) is 1.84. The van der Waals surface area contributed by atoms with Crippen molar-refractivity contribution in [2.45, 2.75) is 39.0 Å². The van der Waals surface area contributed by atoms with Gasteiger partial charge in [-0.25, -0.2) is 0 Å². The average molecular weight is 248 g/mol. The number of hydrogen-bond acceptors (Lipinski definition) is 2. The highest BCUT2D eigenvalue weighted by Crippen LogP contribution is 2.16. The molecule has 0 aliphatic heterocycles. The zero-order valence-electron chi connectivity index (χ0n) is 11.5. The highest BCUT2D eigenvalue weighted by Gasteiger charge is 2.10. The van der Waals surface area contributed by atoms with Crippen LogP contribution in [0.25, 0.3) is 0 Å². The van der Waals surface area contributed by atoms with Crippen LogP contribution in [0.3, 0.4) is 0 Å². The van der Waals surface area contributed by atoms with Crippen LogP contribution in [-0.2, 0) is 4.79 Å². The minimum atomic E-state index is 0.188. The van der Waals surface area contributed by atoms with Crippen molar-refractivity contribution in [1.82, 2.24) is 0 Å². The Morgan fingerprint density at radius 1 is 1.22 bits per heavy atom. The van der Waals surface area contributed by atoms with Gasteiger partial charge in [-0.15, -0.1) is 0 Å². The molecule has 1 rings (SSSR count). The lowest BCUT2D eigenvalue weighted by Gasteiger charge is -2.17. The van der Waals surface area contributed by atoms with Crippen molar-refractivity contribution in [3.63, 3.8) is 0 Å². The first kappa shape index (κ1) is 14.7. The van der Waals surface area contributed by atoms with Crippen molar-refractivity contribution >= 4 is 11.6 Å². The molecule has 0 radical (unpaired) electrons. The van der Waals surface area contributed by atoms with Gasteiger partial charge in [-0.1, -0.05) is 25.0 Å². The van der Waals surface area contributed by atoms with Gasteiger partial charge in [0.1, 0.15) is 0 Å². The van der Waals surface area contributed by atoms with Crippen LogP contribution >= 0.6 is 0 Å². The zero-order valence-corrected chi connectivity index (χ0v) is 11.5. The number of unbranched alkanes of at least 4 members (excludes halogenated alkanes) is 3. The van der Waals surface area contributed by atoms with Crippen LogP contribution in [0.4, 0.5) is 5.69 Å². The molecule has 0 saturated heterocycles. The molecule has 0 spiro atoms. The monoisotopic (exact) mass is 248 g/mol. The Morgan fingerprint density at radius 3 is 2.61 bits per heavy atom. The summed E-state index contributed by atoms with van der Waals surface area (Å²) in [5.41, 5.74) is 7.58. The quantitative estimate of drug-likeness (QED) is 0.754. The SMILES string of the molecule is Cc1cccc(N(C)C(=O)CCCCCCN)c1. The van der Waals surface area contributed by atoms with E-state index in [1.54, 1.807) is 4.90 Å². The van der Waals surface area contributed by atoms with E-state index in [0.29, 0.717) is 6.42 Å². The first-order chi connectivity index (χ1) is 8.65. The molecule has 0 aliphatic rings. The van der Waals surface area contributed by atoms with Crippen molar-refractivity contribution in [3.8, 4) is 0 Å². The maximum Gasteiger partial charge on any atom is 0.226 e. The number of anilines is 1. The lowest BCUT2D eigenvalue weighted by atomic mass is 10.1. The summed E-state index contributed by atoms with van der Waals surface area (Å²) in [6, 6.07) is 8.02. The molecular weight excluding hydrogens is 224 g/mol. The van der Waals surface area contributed by atoms with E-state index in [-0.39, 0.29) is 5.91 Å². The Balaban J connectivity index is 2.37. The molecular formula is C15H24N2O. The fourth-order valence-electron chi connectivity index (χ4n) is 1.92. The predicted octanol–water partition coefficient (Wildman–Crippen LogP) is 2.87. The van der Waals surface area contributed by atoms with Gasteiger partial charge in [0, 0.05) is 19.2 Å². The van der Waals surface area contributed by atoms with Gasteiger partial charge in [-0.2, -0.15) is 0 Å². The van der Waals surface area contributed by atoms with Crippen molar-refractivity contribution in [2.75, 3.05) is 18.5 Å². The lowest BCUT2D eigenvalue weighted by molar-refractivity contribution is -0.118. The molecule has 0 heterocycles. The van der Waals surface area contributed by atoms with E-state index in [0.717, 1.165) is 37.9 Å². The van der Waals surface area contributed by atoms with Crippen LogP contribution in [-0.4, -0.2) is 19.5 Å². The molecule has 0 saturated carbocycles. The second-order valence-electron chi connectivity index (χ2n) is 4.74. The second kappa shape index (κ2) is 7.88. The Bertz CT molecular complexity index is 377. The summed E-state index contributed by atoms with van der Waals surface area (Å²) in [5.74, 6) is 0.188. The molecule has 0 atom stereocenters. The fraction of sp³-hybridized carbons (Fsp3) is 0.533. The molecule has 18 heavy (non-hydrogen) atoms. The third-order valence-electron chi connectivity index (χ3n) is 3.11. The third-order valence-corrected chi connectivity index (χ3v) is 3.11. The summed E-state index contributed by atoms with van der Waals surface area (Å²) in [5, 5.41) is 0. The molecule has 3 nitrogen and oxygen atoms in total. The van der Waals surface area contributed by atoms with Crippen LogP contribution in [0.15, 0.2) is 24.3 Å². The maximum absolute atomic E-state index is 12.0. The van der Waals surface area contributed by atoms with Crippen LogP contribution in [0, 0.1) is 6.92 Å². The van der Waals surface area contributed by atoms with Crippen LogP contribution in [0.5, 0.6) is 0 Å². The van der Waals surface area contributed by atoms with E-state index in [1.165, 1.54) is 5.56 Å². The summed E-state index contributed by atoms with van der Waals surface area (Å²) < 4.78 is 0. The molecule has 1 amide bonds. The number of hydrogen-bond donors (Lipinski definition) is 1. The van der Waals surface area contributed by atoms with Gasteiger partial charge in [0.05, 0.1) is 0 Å². The Labute approximate surface area is 110 Å². The Morgan fingerprint density at radius 2 is 1.94 bits per heavy atom. The summed E-state index contributed by atoms with van der Waals surface area (Å²) >= 11 is 0. The Kier molecular flexibility index (Phi) is 6.44. The maximum atomic E-state index is 12.0. The largest absolute Gasteiger partial charge is 0.330 e. The number of carbonyl (C=O) groups excluding carboxylic acids is 1. The molecule has 0 fully saturated rings. The first-order valence-corrected chi connectivity index (χ1v) is 6.68. The standard InChI is InChI=1S/C15H24N2O/c1-13-8-7-9-14(12-13)17(2)15(18)10-5-3-4-6-11-16/h7-9,12H,3-6,10-11,16H2,1-2H3. The van der Waals surface area contributed by atoms with Gasteiger partial charge in [-0.3, -0.25) is 4.79 Å². The van der Waals surface area contributed by atoms with Crippen molar-refractivity contribution < 1.29 is 4.79 Å². The summed E-state index contributed by atoms with van der Waals surface area (Å²) in [4.78, 5) is 13.7. The van der Waals surface area contributed by atoms with Crippen molar-refractivity contribution in [3.05, 3.63) is 29.8 Å². The molecule has 0 bridgehead atoms. The van der Waals surface area contributed by atoms with Gasteiger partial charge >= 0.3 is 0 Å².